The molecular weight excluding hydrogens is 217 g/mol. The molecule has 0 spiro atoms. The molecule has 0 unspecified atom stereocenters. The number of nitrogens with two attached hydrogens (primary N) is 1. The van der Waals surface area contributed by atoms with Gasteiger partial charge in [0.1, 0.15) is 5.82 Å². The van der Waals surface area contributed by atoms with Gasteiger partial charge in [0.15, 0.2) is 0 Å². The normalized spacial score (nSPS) is 10.2. The van der Waals surface area contributed by atoms with Crippen LogP contribution in [0.4, 0.5) is 10.1 Å². The van der Waals surface area contributed by atoms with Crippen molar-refractivity contribution >= 4 is 5.69 Å². The second-order valence-corrected chi connectivity index (χ2v) is 3.72. The third-order valence-corrected chi connectivity index (χ3v) is 2.41. The summed E-state index contributed by atoms with van der Waals surface area (Å²) in [6.45, 7) is 1.05. The van der Waals surface area contributed by atoms with Gasteiger partial charge in [-0.3, -0.25) is 4.98 Å². The van der Waals surface area contributed by atoms with Gasteiger partial charge in [0.05, 0.1) is 12.2 Å². The lowest BCUT2D eigenvalue weighted by molar-refractivity contribution is 0.628. The molecule has 4 heteroatoms. The zero-order valence-electron chi connectivity index (χ0n) is 9.36. The van der Waals surface area contributed by atoms with Crippen LogP contribution in [0.25, 0.3) is 0 Å². The quantitative estimate of drug-likeness (QED) is 0.848. The van der Waals surface area contributed by atoms with Crippen LogP contribution in [0.15, 0.2) is 42.6 Å². The maximum atomic E-state index is 12.9. The summed E-state index contributed by atoms with van der Waals surface area (Å²) in [5.41, 5.74) is 8.21. The second kappa shape index (κ2) is 5.41. The maximum Gasteiger partial charge on any atom is 0.125 e. The van der Waals surface area contributed by atoms with Crippen molar-refractivity contribution in [3.05, 3.63) is 59.7 Å². The molecule has 2 aromatic rings. The highest BCUT2D eigenvalue weighted by Crippen LogP contribution is 2.10. The number of hydrogen-bond donors (Lipinski definition) is 2. The second-order valence-electron chi connectivity index (χ2n) is 3.72. The van der Waals surface area contributed by atoms with E-state index in [1.54, 1.807) is 12.3 Å². The Balaban J connectivity index is 2.02. The summed E-state index contributed by atoms with van der Waals surface area (Å²) in [4.78, 5) is 4.21. The lowest BCUT2D eigenvalue weighted by Crippen LogP contribution is -2.04. The van der Waals surface area contributed by atoms with Crippen LogP contribution in [0.1, 0.15) is 11.3 Å². The van der Waals surface area contributed by atoms with E-state index in [0.717, 1.165) is 16.9 Å². The number of nitrogens with zero attached hydrogens (tertiary/aromatic N) is 1. The first-order chi connectivity index (χ1) is 8.28. The van der Waals surface area contributed by atoms with E-state index in [1.165, 1.54) is 12.1 Å². The fourth-order valence-corrected chi connectivity index (χ4v) is 1.54. The van der Waals surface area contributed by atoms with Crippen LogP contribution >= 0.6 is 0 Å². The van der Waals surface area contributed by atoms with Gasteiger partial charge < -0.3 is 11.1 Å². The van der Waals surface area contributed by atoms with Gasteiger partial charge in [-0.05, 0) is 35.9 Å². The van der Waals surface area contributed by atoms with E-state index in [1.807, 2.05) is 18.2 Å². The molecule has 0 saturated heterocycles. The predicted molar refractivity (Wildman–Crippen MR) is 65.9 cm³/mol. The third-order valence-electron chi connectivity index (χ3n) is 2.41. The Bertz CT molecular complexity index is 500. The molecule has 0 aliphatic rings. The standard InChI is InChI=1S/C13H14FN3/c14-11-2-1-3-12(7-11)17-9-13-6-10(8-15)4-5-16-13/h1-7,17H,8-9,15H2. The molecule has 3 nitrogen and oxygen atoms in total. The molecule has 88 valence electrons. The van der Waals surface area contributed by atoms with E-state index in [-0.39, 0.29) is 5.82 Å². The maximum absolute atomic E-state index is 12.9. The Morgan fingerprint density at radius 1 is 1.24 bits per heavy atom. The van der Waals surface area contributed by atoms with Crippen LogP contribution in [0, 0.1) is 5.82 Å². The predicted octanol–water partition coefficient (Wildman–Crippen LogP) is 2.29. The van der Waals surface area contributed by atoms with E-state index in [9.17, 15) is 4.39 Å². The number of pyridine rings is 1. The van der Waals surface area contributed by atoms with Gasteiger partial charge in [0.25, 0.3) is 0 Å². The number of halogens is 1. The molecule has 0 fully saturated rings. The molecule has 0 atom stereocenters. The van der Waals surface area contributed by atoms with Crippen molar-refractivity contribution in [2.24, 2.45) is 5.73 Å². The average molecular weight is 231 g/mol. The van der Waals surface area contributed by atoms with Crippen LogP contribution in [0.2, 0.25) is 0 Å². The molecule has 1 aromatic carbocycles. The van der Waals surface area contributed by atoms with Crippen LogP contribution in [-0.4, -0.2) is 4.98 Å². The summed E-state index contributed by atoms with van der Waals surface area (Å²) < 4.78 is 12.9. The van der Waals surface area contributed by atoms with Crippen molar-refractivity contribution in [2.45, 2.75) is 13.1 Å². The summed E-state index contributed by atoms with van der Waals surface area (Å²) in [5.74, 6) is -0.251. The Hall–Kier alpha value is -1.94. The molecule has 2 rings (SSSR count). The summed E-state index contributed by atoms with van der Waals surface area (Å²) >= 11 is 0. The van der Waals surface area contributed by atoms with Gasteiger partial charge in [0, 0.05) is 18.4 Å². The molecule has 1 aromatic heterocycles. The van der Waals surface area contributed by atoms with E-state index in [2.05, 4.69) is 10.3 Å². The van der Waals surface area contributed by atoms with Crippen LogP contribution < -0.4 is 11.1 Å². The SMILES string of the molecule is NCc1ccnc(CNc2cccc(F)c2)c1. The highest BCUT2D eigenvalue weighted by atomic mass is 19.1. The smallest absolute Gasteiger partial charge is 0.125 e. The largest absolute Gasteiger partial charge is 0.379 e. The Morgan fingerprint density at radius 3 is 2.88 bits per heavy atom. The first kappa shape index (κ1) is 11.5. The summed E-state index contributed by atoms with van der Waals surface area (Å²) in [5, 5.41) is 3.11. The zero-order valence-corrected chi connectivity index (χ0v) is 9.36. The van der Waals surface area contributed by atoms with Crippen molar-refractivity contribution < 1.29 is 4.39 Å². The van der Waals surface area contributed by atoms with Crippen LogP contribution in [0.5, 0.6) is 0 Å². The van der Waals surface area contributed by atoms with Gasteiger partial charge in [-0.15, -0.1) is 0 Å². The topological polar surface area (TPSA) is 50.9 Å². The number of aromatic nitrogens is 1. The molecule has 17 heavy (non-hydrogen) atoms. The minimum atomic E-state index is -0.251. The number of nitrogens with one attached hydrogen (secondary N) is 1. The summed E-state index contributed by atoms with van der Waals surface area (Å²) in [6.07, 6.45) is 1.73. The molecule has 0 saturated carbocycles. The number of anilines is 1. The minimum Gasteiger partial charge on any atom is -0.379 e. The molecule has 0 aliphatic heterocycles. The highest BCUT2D eigenvalue weighted by Gasteiger charge is 1.98. The van der Waals surface area contributed by atoms with Gasteiger partial charge in [0.2, 0.25) is 0 Å². The first-order valence-electron chi connectivity index (χ1n) is 5.41. The van der Waals surface area contributed by atoms with Gasteiger partial charge in [-0.2, -0.15) is 0 Å². The fourth-order valence-electron chi connectivity index (χ4n) is 1.54. The highest BCUT2D eigenvalue weighted by molar-refractivity contribution is 5.43. The zero-order chi connectivity index (χ0) is 12.1. The molecule has 0 radical (unpaired) electrons. The lowest BCUT2D eigenvalue weighted by atomic mass is 10.2. The Labute approximate surface area is 99.5 Å². The molecule has 3 N–H and O–H groups in total. The number of benzene rings is 1. The van der Waals surface area contributed by atoms with Gasteiger partial charge in [-0.1, -0.05) is 6.07 Å². The molecule has 1 heterocycles. The van der Waals surface area contributed by atoms with Crippen LogP contribution in [-0.2, 0) is 13.1 Å². The van der Waals surface area contributed by atoms with Gasteiger partial charge in [-0.25, -0.2) is 4.39 Å². The van der Waals surface area contributed by atoms with Crippen molar-refractivity contribution in [2.75, 3.05) is 5.32 Å². The first-order valence-corrected chi connectivity index (χ1v) is 5.41. The van der Waals surface area contributed by atoms with E-state index in [4.69, 9.17) is 5.73 Å². The minimum absolute atomic E-state index is 0.251. The van der Waals surface area contributed by atoms with Crippen molar-refractivity contribution in [1.82, 2.24) is 4.98 Å². The Kier molecular flexibility index (Phi) is 3.67. The van der Waals surface area contributed by atoms with E-state index in [0.29, 0.717) is 13.1 Å². The lowest BCUT2D eigenvalue weighted by Gasteiger charge is -2.06. The average Bonchev–Trinajstić information content (AvgIpc) is 2.37. The van der Waals surface area contributed by atoms with Crippen molar-refractivity contribution in [3.63, 3.8) is 0 Å². The molecule has 0 aliphatic carbocycles. The molecule has 0 bridgehead atoms. The van der Waals surface area contributed by atoms with E-state index < -0.39 is 0 Å². The molecular formula is C13H14FN3. The number of hydrogen-bond acceptors (Lipinski definition) is 3. The molecule has 0 amide bonds. The van der Waals surface area contributed by atoms with Gasteiger partial charge >= 0.3 is 0 Å². The summed E-state index contributed by atoms with van der Waals surface area (Å²) in [7, 11) is 0. The fraction of sp³-hybridized carbons (Fsp3) is 0.154. The summed E-state index contributed by atoms with van der Waals surface area (Å²) in [6, 6.07) is 10.2. The monoisotopic (exact) mass is 231 g/mol. The van der Waals surface area contributed by atoms with Crippen LogP contribution in [0.3, 0.4) is 0 Å². The van der Waals surface area contributed by atoms with E-state index >= 15 is 0 Å². The third kappa shape index (κ3) is 3.26. The van der Waals surface area contributed by atoms with Crippen molar-refractivity contribution in [1.29, 1.82) is 0 Å². The number of rotatable bonds is 4. The van der Waals surface area contributed by atoms with Crippen molar-refractivity contribution in [3.8, 4) is 0 Å². The Morgan fingerprint density at radius 2 is 2.12 bits per heavy atom.